The Balaban J connectivity index is 1.90. The van der Waals surface area contributed by atoms with E-state index in [1.165, 1.54) is 28.8 Å². The first kappa shape index (κ1) is 15.4. The van der Waals surface area contributed by atoms with Gasteiger partial charge in [-0.3, -0.25) is 14.7 Å². The molecule has 0 unspecified atom stereocenters. The van der Waals surface area contributed by atoms with E-state index in [-0.39, 0.29) is 11.5 Å². The highest BCUT2D eigenvalue weighted by Crippen LogP contribution is 2.35. The summed E-state index contributed by atoms with van der Waals surface area (Å²) >= 11 is 6.49. The predicted octanol–water partition coefficient (Wildman–Crippen LogP) is 3.19. The topological polar surface area (TPSA) is 70.5 Å². The number of carbonyl (C=O) groups excluding carboxylic acids is 1. The first-order valence-corrected chi connectivity index (χ1v) is 7.80. The van der Waals surface area contributed by atoms with E-state index in [0.29, 0.717) is 14.9 Å². The number of nitrogens with zero attached hydrogens (tertiary/aromatic N) is 2. The maximum atomic E-state index is 12.6. The van der Waals surface area contributed by atoms with Crippen molar-refractivity contribution in [1.29, 1.82) is 0 Å². The number of anilines is 1. The van der Waals surface area contributed by atoms with Gasteiger partial charge in [0.1, 0.15) is 0 Å². The molecular formula is C16H10N2O3S2. The summed E-state index contributed by atoms with van der Waals surface area (Å²) in [6.07, 6.45) is 5.06. The van der Waals surface area contributed by atoms with Gasteiger partial charge in [0.2, 0.25) is 0 Å². The fourth-order valence-electron chi connectivity index (χ4n) is 2.05. The molecule has 0 bridgehead atoms. The number of carbonyl (C=O) groups is 2. The fourth-order valence-corrected chi connectivity index (χ4v) is 3.35. The van der Waals surface area contributed by atoms with Crippen molar-refractivity contribution in [2.24, 2.45) is 0 Å². The van der Waals surface area contributed by atoms with Gasteiger partial charge in [0.15, 0.2) is 4.32 Å². The van der Waals surface area contributed by atoms with Crippen LogP contribution in [0.5, 0.6) is 0 Å². The van der Waals surface area contributed by atoms with Crippen LogP contribution < -0.4 is 4.90 Å². The second kappa shape index (κ2) is 6.31. The monoisotopic (exact) mass is 342 g/mol. The molecule has 1 aromatic heterocycles. The fraction of sp³-hybridized carbons (Fsp3) is 0. The molecule has 1 aromatic carbocycles. The van der Waals surface area contributed by atoms with Crippen LogP contribution >= 0.6 is 24.0 Å². The first-order valence-electron chi connectivity index (χ1n) is 6.57. The molecule has 23 heavy (non-hydrogen) atoms. The van der Waals surface area contributed by atoms with Crippen molar-refractivity contribution in [3.63, 3.8) is 0 Å². The molecule has 3 rings (SSSR count). The summed E-state index contributed by atoms with van der Waals surface area (Å²) in [6, 6.07) is 9.64. The molecule has 1 N–H and O–H groups in total. The summed E-state index contributed by atoms with van der Waals surface area (Å²) < 4.78 is 0.415. The highest BCUT2D eigenvalue weighted by Gasteiger charge is 2.33. The van der Waals surface area contributed by atoms with Crippen LogP contribution in [0, 0.1) is 0 Å². The molecule has 0 radical (unpaired) electrons. The number of hydrogen-bond acceptors (Lipinski definition) is 5. The number of aromatic carboxylic acids is 1. The Bertz CT molecular complexity index is 817. The number of carboxylic acids is 1. The Kier molecular flexibility index (Phi) is 4.22. The summed E-state index contributed by atoms with van der Waals surface area (Å²) in [5.74, 6) is -1.24. The second-order valence-electron chi connectivity index (χ2n) is 4.65. The van der Waals surface area contributed by atoms with Crippen LogP contribution in [-0.2, 0) is 4.79 Å². The van der Waals surface area contributed by atoms with Gasteiger partial charge in [-0.1, -0.05) is 24.0 Å². The van der Waals surface area contributed by atoms with Crippen LogP contribution in [0.15, 0.2) is 53.7 Å². The highest BCUT2D eigenvalue weighted by atomic mass is 32.2. The van der Waals surface area contributed by atoms with Crippen molar-refractivity contribution in [2.75, 3.05) is 4.90 Å². The zero-order chi connectivity index (χ0) is 16.4. The zero-order valence-corrected chi connectivity index (χ0v) is 13.3. The van der Waals surface area contributed by atoms with Gasteiger partial charge >= 0.3 is 5.97 Å². The van der Waals surface area contributed by atoms with E-state index in [2.05, 4.69) is 4.98 Å². The van der Waals surface area contributed by atoms with Crippen LogP contribution in [0.4, 0.5) is 5.69 Å². The lowest BCUT2D eigenvalue weighted by atomic mass is 10.2. The molecule has 2 aromatic rings. The Morgan fingerprint density at radius 3 is 2.43 bits per heavy atom. The van der Waals surface area contributed by atoms with Crippen molar-refractivity contribution in [2.45, 2.75) is 0 Å². The number of amides is 1. The van der Waals surface area contributed by atoms with Gasteiger partial charge in [-0.15, -0.1) is 0 Å². The van der Waals surface area contributed by atoms with Crippen molar-refractivity contribution >= 4 is 51.9 Å². The van der Waals surface area contributed by atoms with Gasteiger partial charge in [-0.25, -0.2) is 4.79 Å². The Hall–Kier alpha value is -2.51. The Morgan fingerprint density at radius 2 is 1.83 bits per heavy atom. The summed E-state index contributed by atoms with van der Waals surface area (Å²) in [5.41, 5.74) is 1.57. The minimum atomic E-state index is -1.01. The van der Waals surface area contributed by atoms with Gasteiger partial charge in [0.05, 0.1) is 16.2 Å². The number of carboxylic acid groups (broad SMARTS) is 1. The van der Waals surface area contributed by atoms with Crippen molar-refractivity contribution in [1.82, 2.24) is 4.98 Å². The van der Waals surface area contributed by atoms with Gasteiger partial charge in [0.25, 0.3) is 5.91 Å². The minimum Gasteiger partial charge on any atom is -0.478 e. The standard InChI is InChI=1S/C16H10N2O3S2/c19-14-13(9-10-5-7-17-8-6-10)23-16(22)18(14)12-3-1-11(2-4-12)15(20)21/h1-9H,(H,20,21). The quantitative estimate of drug-likeness (QED) is 0.682. The molecule has 1 fully saturated rings. The van der Waals surface area contributed by atoms with Crippen molar-refractivity contribution in [3.8, 4) is 0 Å². The molecule has 1 saturated heterocycles. The number of thioether (sulfide) groups is 1. The Labute approximate surface area is 141 Å². The van der Waals surface area contributed by atoms with E-state index < -0.39 is 5.97 Å². The van der Waals surface area contributed by atoms with Gasteiger partial charge in [0, 0.05) is 12.4 Å². The number of aromatic nitrogens is 1. The average molecular weight is 342 g/mol. The van der Waals surface area contributed by atoms with E-state index in [1.54, 1.807) is 42.7 Å². The smallest absolute Gasteiger partial charge is 0.335 e. The molecule has 1 aliphatic heterocycles. The van der Waals surface area contributed by atoms with E-state index in [9.17, 15) is 9.59 Å². The molecule has 5 nitrogen and oxygen atoms in total. The molecule has 0 aliphatic carbocycles. The normalized spacial score (nSPS) is 16.2. The van der Waals surface area contributed by atoms with Crippen LogP contribution in [-0.4, -0.2) is 26.3 Å². The summed E-state index contributed by atoms with van der Waals surface area (Å²) in [7, 11) is 0. The van der Waals surface area contributed by atoms with Crippen molar-refractivity contribution < 1.29 is 14.7 Å². The molecule has 2 heterocycles. The van der Waals surface area contributed by atoms with E-state index >= 15 is 0 Å². The van der Waals surface area contributed by atoms with E-state index in [4.69, 9.17) is 17.3 Å². The van der Waals surface area contributed by atoms with Crippen molar-refractivity contribution in [3.05, 3.63) is 64.8 Å². The lowest BCUT2D eigenvalue weighted by Crippen LogP contribution is -2.27. The maximum absolute atomic E-state index is 12.6. The van der Waals surface area contributed by atoms with Gasteiger partial charge < -0.3 is 5.11 Å². The molecule has 1 amide bonds. The van der Waals surface area contributed by atoms with Crippen LogP contribution in [0.25, 0.3) is 6.08 Å². The lowest BCUT2D eigenvalue weighted by molar-refractivity contribution is -0.113. The summed E-state index contributed by atoms with van der Waals surface area (Å²) in [4.78, 5) is 29.3. The number of rotatable bonds is 3. The molecule has 0 spiro atoms. The molecule has 0 saturated carbocycles. The third kappa shape index (κ3) is 3.15. The number of thiocarbonyl (C=S) groups is 1. The largest absolute Gasteiger partial charge is 0.478 e. The van der Waals surface area contributed by atoms with Crippen LogP contribution in [0.1, 0.15) is 15.9 Å². The summed E-state index contributed by atoms with van der Waals surface area (Å²) in [5, 5.41) is 8.93. The lowest BCUT2D eigenvalue weighted by Gasteiger charge is -2.14. The number of benzene rings is 1. The third-order valence-corrected chi connectivity index (χ3v) is 4.47. The highest BCUT2D eigenvalue weighted by molar-refractivity contribution is 8.27. The van der Waals surface area contributed by atoms with E-state index in [0.717, 1.165) is 5.56 Å². The Morgan fingerprint density at radius 1 is 1.17 bits per heavy atom. The molecule has 114 valence electrons. The maximum Gasteiger partial charge on any atom is 0.335 e. The van der Waals surface area contributed by atoms with Gasteiger partial charge in [-0.2, -0.15) is 0 Å². The zero-order valence-electron chi connectivity index (χ0n) is 11.7. The predicted molar refractivity (Wildman–Crippen MR) is 93.3 cm³/mol. The molecule has 1 aliphatic rings. The second-order valence-corrected chi connectivity index (χ2v) is 6.33. The van der Waals surface area contributed by atoms with Crippen LogP contribution in [0.3, 0.4) is 0 Å². The molecule has 7 heteroatoms. The first-order chi connectivity index (χ1) is 11.1. The van der Waals surface area contributed by atoms with Crippen LogP contribution in [0.2, 0.25) is 0 Å². The molecular weight excluding hydrogens is 332 g/mol. The number of hydrogen-bond donors (Lipinski definition) is 1. The summed E-state index contributed by atoms with van der Waals surface area (Å²) in [6.45, 7) is 0. The van der Waals surface area contributed by atoms with Gasteiger partial charge in [-0.05, 0) is 48.0 Å². The number of pyridine rings is 1. The third-order valence-electron chi connectivity index (χ3n) is 3.17. The minimum absolute atomic E-state index is 0.159. The average Bonchev–Trinajstić information content (AvgIpc) is 2.82. The SMILES string of the molecule is O=C(O)c1ccc(N2C(=O)C(=Cc3ccncc3)SC2=S)cc1. The molecule has 0 atom stereocenters. The van der Waals surface area contributed by atoms with E-state index in [1.807, 2.05) is 0 Å².